The van der Waals surface area contributed by atoms with Crippen molar-refractivity contribution in [1.82, 2.24) is 14.5 Å². The molecule has 0 aliphatic carbocycles. The molecule has 1 aliphatic heterocycles. The Morgan fingerprint density at radius 1 is 1.31 bits per heavy atom. The SMILES string of the molecule is CCSc1nnc(NC(=O)[C@H]2CCCN(S(=O)(=O)CCCc3ccccc3)C2)s1. The molecule has 7 nitrogen and oxygen atoms in total. The number of hydrogen-bond acceptors (Lipinski definition) is 7. The third-order valence-corrected chi connectivity index (χ3v) is 8.54. The number of nitrogens with one attached hydrogen (secondary N) is 1. The maximum absolute atomic E-state index is 12.7. The van der Waals surface area contributed by atoms with Crippen molar-refractivity contribution in [2.75, 3.05) is 29.9 Å². The molecule has 0 bridgehead atoms. The van der Waals surface area contributed by atoms with Crippen LogP contribution in [0.2, 0.25) is 0 Å². The Balaban J connectivity index is 1.52. The van der Waals surface area contributed by atoms with Gasteiger partial charge in [-0.15, -0.1) is 10.2 Å². The summed E-state index contributed by atoms with van der Waals surface area (Å²) < 4.78 is 27.8. The third kappa shape index (κ3) is 6.50. The van der Waals surface area contributed by atoms with E-state index in [1.54, 1.807) is 11.8 Å². The monoisotopic (exact) mass is 454 g/mol. The van der Waals surface area contributed by atoms with Crippen LogP contribution in [-0.2, 0) is 21.2 Å². The zero-order chi connectivity index (χ0) is 20.7. The molecule has 29 heavy (non-hydrogen) atoms. The largest absolute Gasteiger partial charge is 0.300 e. The highest BCUT2D eigenvalue weighted by molar-refractivity contribution is 8.01. The highest BCUT2D eigenvalue weighted by Crippen LogP contribution is 2.27. The number of amides is 1. The fraction of sp³-hybridized carbons (Fsp3) is 0.526. The molecule has 1 aromatic carbocycles. The molecule has 0 spiro atoms. The second-order valence-corrected chi connectivity index (χ2v) is 11.5. The number of carbonyl (C=O) groups is 1. The summed E-state index contributed by atoms with van der Waals surface area (Å²) in [5.74, 6) is 0.448. The maximum atomic E-state index is 12.7. The number of hydrogen-bond donors (Lipinski definition) is 1. The first-order valence-corrected chi connectivity index (χ1v) is 13.2. The minimum Gasteiger partial charge on any atom is -0.300 e. The van der Waals surface area contributed by atoms with E-state index in [9.17, 15) is 13.2 Å². The molecular formula is C19H26N4O3S3. The number of aryl methyl sites for hydroxylation is 1. The van der Waals surface area contributed by atoms with E-state index in [4.69, 9.17) is 0 Å². The highest BCUT2D eigenvalue weighted by Gasteiger charge is 2.32. The number of sulfonamides is 1. The van der Waals surface area contributed by atoms with Crippen LogP contribution >= 0.6 is 23.1 Å². The minimum absolute atomic E-state index is 0.101. The molecule has 10 heteroatoms. The van der Waals surface area contributed by atoms with Crippen molar-refractivity contribution < 1.29 is 13.2 Å². The molecule has 1 amide bonds. The third-order valence-electron chi connectivity index (χ3n) is 4.76. The van der Waals surface area contributed by atoms with Crippen molar-refractivity contribution in [2.45, 2.75) is 36.9 Å². The average Bonchev–Trinajstić information content (AvgIpc) is 3.16. The second-order valence-electron chi connectivity index (χ2n) is 6.90. The molecule has 1 aliphatic rings. The first-order chi connectivity index (χ1) is 14.0. The number of benzene rings is 1. The molecule has 1 saturated heterocycles. The van der Waals surface area contributed by atoms with Gasteiger partial charge >= 0.3 is 0 Å². The van der Waals surface area contributed by atoms with Gasteiger partial charge in [0.1, 0.15) is 0 Å². The van der Waals surface area contributed by atoms with Crippen LogP contribution in [0.15, 0.2) is 34.7 Å². The zero-order valence-electron chi connectivity index (χ0n) is 16.4. The topological polar surface area (TPSA) is 92.3 Å². The van der Waals surface area contributed by atoms with Gasteiger partial charge in [0.05, 0.1) is 11.7 Å². The molecule has 0 saturated carbocycles. The Hall–Kier alpha value is -1.49. The summed E-state index contributed by atoms with van der Waals surface area (Å²) in [7, 11) is -3.37. The van der Waals surface area contributed by atoms with Gasteiger partial charge in [-0.3, -0.25) is 4.79 Å². The van der Waals surface area contributed by atoms with E-state index in [1.165, 1.54) is 15.6 Å². The van der Waals surface area contributed by atoms with E-state index >= 15 is 0 Å². The number of piperidine rings is 1. The predicted octanol–water partition coefficient (Wildman–Crippen LogP) is 3.26. The lowest BCUT2D eigenvalue weighted by molar-refractivity contribution is -0.120. The molecule has 2 heterocycles. The first-order valence-electron chi connectivity index (χ1n) is 9.77. The lowest BCUT2D eigenvalue weighted by atomic mass is 9.99. The summed E-state index contributed by atoms with van der Waals surface area (Å²) in [4.78, 5) is 12.6. The molecule has 1 fully saturated rings. The van der Waals surface area contributed by atoms with Crippen LogP contribution in [0, 0.1) is 5.92 Å². The number of anilines is 1. The fourth-order valence-electron chi connectivity index (χ4n) is 3.29. The number of thioether (sulfide) groups is 1. The number of nitrogens with zero attached hydrogens (tertiary/aromatic N) is 3. The van der Waals surface area contributed by atoms with Gasteiger partial charge < -0.3 is 5.32 Å². The summed E-state index contributed by atoms with van der Waals surface area (Å²) in [6.07, 6.45) is 2.66. The Kier molecular flexibility index (Phi) is 8.05. The number of aromatic nitrogens is 2. The molecule has 0 unspecified atom stereocenters. The van der Waals surface area contributed by atoms with Crippen LogP contribution in [0.25, 0.3) is 0 Å². The van der Waals surface area contributed by atoms with Gasteiger partial charge in [0, 0.05) is 13.1 Å². The summed E-state index contributed by atoms with van der Waals surface area (Å²) in [5.41, 5.74) is 1.14. The second kappa shape index (κ2) is 10.5. The van der Waals surface area contributed by atoms with E-state index in [1.807, 2.05) is 37.3 Å². The Morgan fingerprint density at radius 2 is 2.10 bits per heavy atom. The van der Waals surface area contributed by atoms with Gasteiger partial charge in [-0.25, -0.2) is 12.7 Å². The van der Waals surface area contributed by atoms with Crippen molar-refractivity contribution in [3.8, 4) is 0 Å². The Morgan fingerprint density at radius 3 is 2.86 bits per heavy atom. The minimum atomic E-state index is -3.37. The first kappa shape index (κ1) is 22.2. The molecule has 3 rings (SSSR count). The Labute approximate surface area is 180 Å². The van der Waals surface area contributed by atoms with Crippen molar-refractivity contribution >= 4 is 44.2 Å². The molecule has 0 radical (unpaired) electrons. The van der Waals surface area contributed by atoms with Crippen molar-refractivity contribution in [3.05, 3.63) is 35.9 Å². The number of carbonyl (C=O) groups excluding carboxylic acids is 1. The fourth-order valence-corrected chi connectivity index (χ4v) is 6.52. The zero-order valence-corrected chi connectivity index (χ0v) is 18.9. The normalized spacial score (nSPS) is 17.9. The smallest absolute Gasteiger partial charge is 0.230 e. The maximum Gasteiger partial charge on any atom is 0.230 e. The standard InChI is InChI=1S/C19H26N4O3S3/c1-2-27-19-22-21-18(28-19)20-17(24)16-11-6-12-23(14-16)29(25,26)13-7-10-15-8-4-3-5-9-15/h3-5,8-9,16H,2,6-7,10-14H2,1H3,(H,20,21,24)/t16-/m0/s1. The summed E-state index contributed by atoms with van der Waals surface area (Å²) in [6, 6.07) is 9.88. The average molecular weight is 455 g/mol. The van der Waals surface area contributed by atoms with Crippen LogP contribution in [-0.4, -0.2) is 53.4 Å². The van der Waals surface area contributed by atoms with E-state index in [0.29, 0.717) is 30.9 Å². The van der Waals surface area contributed by atoms with E-state index in [2.05, 4.69) is 15.5 Å². The molecule has 158 valence electrons. The van der Waals surface area contributed by atoms with Crippen molar-refractivity contribution in [1.29, 1.82) is 0 Å². The lowest BCUT2D eigenvalue weighted by Gasteiger charge is -2.31. The summed E-state index contributed by atoms with van der Waals surface area (Å²) in [6.45, 7) is 2.74. The van der Waals surface area contributed by atoms with E-state index in [0.717, 1.165) is 22.1 Å². The van der Waals surface area contributed by atoms with Crippen molar-refractivity contribution in [3.63, 3.8) is 0 Å². The molecule has 2 aromatic rings. The quantitative estimate of drug-likeness (QED) is 0.462. The molecular weight excluding hydrogens is 428 g/mol. The van der Waals surface area contributed by atoms with Gasteiger partial charge in [0.15, 0.2) is 4.34 Å². The predicted molar refractivity (Wildman–Crippen MR) is 118 cm³/mol. The van der Waals surface area contributed by atoms with Crippen molar-refractivity contribution in [2.24, 2.45) is 5.92 Å². The molecule has 1 atom stereocenters. The van der Waals surface area contributed by atoms with Gasteiger partial charge in [-0.2, -0.15) is 0 Å². The van der Waals surface area contributed by atoms with Crippen LogP contribution in [0.5, 0.6) is 0 Å². The van der Waals surface area contributed by atoms with Crippen LogP contribution in [0.4, 0.5) is 5.13 Å². The highest BCUT2D eigenvalue weighted by atomic mass is 32.2. The van der Waals surface area contributed by atoms with Crippen LogP contribution in [0.1, 0.15) is 31.7 Å². The Bertz CT molecular complexity index is 902. The van der Waals surface area contributed by atoms with E-state index in [-0.39, 0.29) is 24.1 Å². The van der Waals surface area contributed by atoms with Crippen LogP contribution in [0.3, 0.4) is 0 Å². The number of rotatable bonds is 9. The molecule has 1 N–H and O–H groups in total. The van der Waals surface area contributed by atoms with Gasteiger partial charge in [0.25, 0.3) is 0 Å². The van der Waals surface area contributed by atoms with Gasteiger partial charge in [-0.05, 0) is 37.0 Å². The lowest BCUT2D eigenvalue weighted by Crippen LogP contribution is -2.44. The van der Waals surface area contributed by atoms with Gasteiger partial charge in [-0.1, -0.05) is 60.4 Å². The summed E-state index contributed by atoms with van der Waals surface area (Å²) in [5, 5.41) is 11.3. The van der Waals surface area contributed by atoms with E-state index < -0.39 is 10.0 Å². The summed E-state index contributed by atoms with van der Waals surface area (Å²) >= 11 is 2.92. The van der Waals surface area contributed by atoms with Crippen LogP contribution < -0.4 is 5.32 Å². The van der Waals surface area contributed by atoms with Gasteiger partial charge in [0.2, 0.25) is 21.1 Å². The molecule has 1 aromatic heterocycles.